The summed E-state index contributed by atoms with van der Waals surface area (Å²) < 4.78 is 0. The molecule has 1 fully saturated rings. The zero-order chi connectivity index (χ0) is 9.90. The Morgan fingerprint density at radius 1 is 1.54 bits per heavy atom. The summed E-state index contributed by atoms with van der Waals surface area (Å²) in [5, 5.41) is 19.3. The van der Waals surface area contributed by atoms with E-state index in [0.29, 0.717) is 13.1 Å². The lowest BCUT2D eigenvalue weighted by atomic mass is 9.95. The summed E-state index contributed by atoms with van der Waals surface area (Å²) in [4.78, 5) is 2.15. The second-order valence-electron chi connectivity index (χ2n) is 4.40. The Morgan fingerprint density at radius 2 is 2.23 bits per heavy atom. The van der Waals surface area contributed by atoms with Crippen LogP contribution >= 0.6 is 0 Å². The van der Waals surface area contributed by atoms with E-state index in [1.807, 2.05) is 13.8 Å². The van der Waals surface area contributed by atoms with Gasteiger partial charge in [0.15, 0.2) is 0 Å². The van der Waals surface area contributed by atoms with Gasteiger partial charge in [0, 0.05) is 13.1 Å². The van der Waals surface area contributed by atoms with E-state index < -0.39 is 5.60 Å². The average Bonchev–Trinajstić information content (AvgIpc) is 2.02. The van der Waals surface area contributed by atoms with Gasteiger partial charge in [-0.05, 0) is 32.7 Å². The molecule has 0 aromatic carbocycles. The predicted molar refractivity (Wildman–Crippen MR) is 52.6 cm³/mol. The number of nitrogens with zero attached hydrogens (tertiary/aromatic N) is 1. The summed E-state index contributed by atoms with van der Waals surface area (Å²) in [6.45, 7) is 6.26. The molecule has 1 aliphatic heterocycles. The minimum atomic E-state index is -0.550. The Balaban J connectivity index is 2.34. The van der Waals surface area contributed by atoms with E-state index >= 15 is 0 Å². The van der Waals surface area contributed by atoms with Gasteiger partial charge in [-0.25, -0.2) is 0 Å². The molecule has 1 heterocycles. The number of likely N-dealkylation sites (tertiary alicyclic amines) is 1. The molecule has 0 amide bonds. The molecule has 2 N–H and O–H groups in total. The van der Waals surface area contributed by atoms with Gasteiger partial charge in [-0.2, -0.15) is 0 Å². The highest BCUT2D eigenvalue weighted by Crippen LogP contribution is 2.20. The summed E-state index contributed by atoms with van der Waals surface area (Å²) in [6.07, 6.45) is 2.46. The third-order valence-corrected chi connectivity index (χ3v) is 2.69. The van der Waals surface area contributed by atoms with Gasteiger partial charge in [-0.15, -0.1) is 0 Å². The summed E-state index contributed by atoms with van der Waals surface area (Å²) in [5.41, 5.74) is -0.550. The van der Waals surface area contributed by atoms with Crippen LogP contribution < -0.4 is 0 Å². The minimum absolute atomic E-state index is 0.242. The molecule has 1 aliphatic rings. The Bertz CT molecular complexity index is 159. The van der Waals surface area contributed by atoms with Crippen molar-refractivity contribution in [2.45, 2.75) is 44.8 Å². The predicted octanol–water partition coefficient (Wildman–Crippen LogP) is 0.604. The summed E-state index contributed by atoms with van der Waals surface area (Å²) in [7, 11) is 0. The average molecular weight is 187 g/mol. The van der Waals surface area contributed by atoms with Crippen molar-refractivity contribution in [3.05, 3.63) is 0 Å². The van der Waals surface area contributed by atoms with Gasteiger partial charge in [0.1, 0.15) is 0 Å². The zero-order valence-electron chi connectivity index (χ0n) is 8.66. The molecule has 0 saturated carbocycles. The van der Waals surface area contributed by atoms with Crippen LogP contribution in [0.3, 0.4) is 0 Å². The van der Waals surface area contributed by atoms with E-state index in [0.717, 1.165) is 25.8 Å². The molecular formula is C10H21NO2. The van der Waals surface area contributed by atoms with Crippen molar-refractivity contribution < 1.29 is 10.2 Å². The molecule has 1 rings (SSSR count). The van der Waals surface area contributed by atoms with E-state index in [2.05, 4.69) is 4.90 Å². The van der Waals surface area contributed by atoms with Crippen LogP contribution in [0.15, 0.2) is 0 Å². The normalized spacial score (nSPS) is 33.2. The van der Waals surface area contributed by atoms with E-state index in [4.69, 9.17) is 0 Å². The molecule has 1 unspecified atom stereocenters. The lowest BCUT2D eigenvalue weighted by Crippen LogP contribution is -2.48. The van der Waals surface area contributed by atoms with Crippen molar-refractivity contribution in [2.75, 3.05) is 19.6 Å². The van der Waals surface area contributed by atoms with Crippen LogP contribution in [0.1, 0.15) is 33.1 Å². The fourth-order valence-electron chi connectivity index (χ4n) is 1.91. The lowest BCUT2D eigenvalue weighted by Gasteiger charge is -2.37. The van der Waals surface area contributed by atoms with Crippen LogP contribution in [0.25, 0.3) is 0 Å². The van der Waals surface area contributed by atoms with Crippen molar-refractivity contribution in [3.63, 3.8) is 0 Å². The topological polar surface area (TPSA) is 43.7 Å². The number of piperidine rings is 1. The van der Waals surface area contributed by atoms with E-state index in [-0.39, 0.29) is 6.10 Å². The van der Waals surface area contributed by atoms with Gasteiger partial charge in [0.05, 0.1) is 11.7 Å². The largest absolute Gasteiger partial charge is 0.392 e. The Hall–Kier alpha value is -0.120. The molecule has 78 valence electrons. The molecule has 0 spiro atoms. The molecular weight excluding hydrogens is 166 g/mol. The molecule has 3 heteroatoms. The maximum absolute atomic E-state index is 9.81. The maximum atomic E-state index is 9.81. The van der Waals surface area contributed by atoms with Gasteiger partial charge >= 0.3 is 0 Å². The summed E-state index contributed by atoms with van der Waals surface area (Å²) in [6, 6.07) is 0. The molecule has 0 bridgehead atoms. The van der Waals surface area contributed by atoms with Gasteiger partial charge in [-0.3, -0.25) is 4.90 Å². The van der Waals surface area contributed by atoms with Gasteiger partial charge in [-0.1, -0.05) is 6.92 Å². The molecule has 3 nitrogen and oxygen atoms in total. The Kier molecular flexibility index (Phi) is 3.71. The first kappa shape index (κ1) is 11.0. The molecule has 2 atom stereocenters. The van der Waals surface area contributed by atoms with Crippen LogP contribution in [0.4, 0.5) is 0 Å². The van der Waals surface area contributed by atoms with Crippen molar-refractivity contribution >= 4 is 0 Å². The first-order chi connectivity index (χ1) is 6.03. The number of aliphatic hydroxyl groups excluding tert-OH is 1. The molecule has 0 radical (unpaired) electrons. The van der Waals surface area contributed by atoms with Crippen LogP contribution in [-0.2, 0) is 0 Å². The number of rotatable bonds is 3. The summed E-state index contributed by atoms with van der Waals surface area (Å²) in [5.74, 6) is 0. The molecule has 13 heavy (non-hydrogen) atoms. The molecule has 1 saturated heterocycles. The van der Waals surface area contributed by atoms with Gasteiger partial charge < -0.3 is 10.2 Å². The number of aliphatic hydroxyl groups is 2. The van der Waals surface area contributed by atoms with Crippen LogP contribution in [-0.4, -0.2) is 46.5 Å². The first-order valence-corrected chi connectivity index (χ1v) is 5.16. The monoisotopic (exact) mass is 187 g/mol. The maximum Gasteiger partial charge on any atom is 0.0746 e. The van der Waals surface area contributed by atoms with E-state index in [1.54, 1.807) is 0 Å². The Morgan fingerprint density at radius 3 is 2.77 bits per heavy atom. The highest BCUT2D eigenvalue weighted by atomic mass is 16.3. The van der Waals surface area contributed by atoms with Crippen LogP contribution in [0.5, 0.6) is 0 Å². The number of hydrogen-bond donors (Lipinski definition) is 2. The van der Waals surface area contributed by atoms with Gasteiger partial charge in [0.25, 0.3) is 0 Å². The van der Waals surface area contributed by atoms with Crippen LogP contribution in [0, 0.1) is 0 Å². The van der Waals surface area contributed by atoms with E-state index in [1.165, 1.54) is 0 Å². The fourth-order valence-corrected chi connectivity index (χ4v) is 1.91. The number of β-amino-alcohol motifs (C(OH)–C–C–N with tert-alkyl or cyclic N) is 2. The highest BCUT2D eigenvalue weighted by molar-refractivity contribution is 4.83. The second kappa shape index (κ2) is 4.40. The van der Waals surface area contributed by atoms with Crippen molar-refractivity contribution in [3.8, 4) is 0 Å². The standard InChI is InChI=1S/C10H21NO2/c1-3-9(12)7-11-6-4-5-10(2,13)8-11/h9,12-13H,3-8H2,1-2H3/t9-,10?/m1/s1. The lowest BCUT2D eigenvalue weighted by molar-refractivity contribution is -0.0280. The smallest absolute Gasteiger partial charge is 0.0746 e. The number of hydrogen-bond acceptors (Lipinski definition) is 3. The van der Waals surface area contributed by atoms with Crippen molar-refractivity contribution in [2.24, 2.45) is 0 Å². The Labute approximate surface area is 80.4 Å². The highest BCUT2D eigenvalue weighted by Gasteiger charge is 2.28. The fraction of sp³-hybridized carbons (Fsp3) is 1.00. The third-order valence-electron chi connectivity index (χ3n) is 2.69. The summed E-state index contributed by atoms with van der Waals surface area (Å²) >= 11 is 0. The molecule has 0 aromatic heterocycles. The SMILES string of the molecule is CC[C@@H](O)CN1CCCC(C)(O)C1. The quantitative estimate of drug-likeness (QED) is 0.680. The molecule has 0 aliphatic carbocycles. The van der Waals surface area contributed by atoms with Gasteiger partial charge in [0.2, 0.25) is 0 Å². The zero-order valence-corrected chi connectivity index (χ0v) is 8.66. The van der Waals surface area contributed by atoms with E-state index in [9.17, 15) is 10.2 Å². The van der Waals surface area contributed by atoms with Crippen molar-refractivity contribution in [1.82, 2.24) is 4.90 Å². The first-order valence-electron chi connectivity index (χ1n) is 5.16. The molecule has 0 aromatic rings. The van der Waals surface area contributed by atoms with Crippen LogP contribution in [0.2, 0.25) is 0 Å². The van der Waals surface area contributed by atoms with Crippen molar-refractivity contribution in [1.29, 1.82) is 0 Å². The minimum Gasteiger partial charge on any atom is -0.392 e. The third kappa shape index (κ3) is 3.63. The second-order valence-corrected chi connectivity index (χ2v) is 4.40.